The molecule has 2 aromatic carbocycles. The summed E-state index contributed by atoms with van der Waals surface area (Å²) in [5.74, 6) is -0.0821. The predicted octanol–water partition coefficient (Wildman–Crippen LogP) is 2.74. The predicted molar refractivity (Wildman–Crippen MR) is 77.7 cm³/mol. The molecule has 4 nitrogen and oxygen atoms in total. The van der Waals surface area contributed by atoms with Crippen LogP contribution in [-0.2, 0) is 16.6 Å². The minimum absolute atomic E-state index is 0.147. The van der Waals surface area contributed by atoms with Gasteiger partial charge in [0, 0.05) is 12.0 Å². The molecule has 1 heterocycles. The number of carboxylic acids is 1. The van der Waals surface area contributed by atoms with Crippen molar-refractivity contribution in [1.29, 1.82) is 0 Å². The Morgan fingerprint density at radius 1 is 1.19 bits per heavy atom. The molecule has 0 aromatic heterocycles. The number of hydrogen-bond donors (Lipinski definition) is 2. The lowest BCUT2D eigenvalue weighted by molar-refractivity contribution is -0.145. The van der Waals surface area contributed by atoms with Gasteiger partial charge in [-0.2, -0.15) is 0 Å². The third-order valence-electron chi connectivity index (χ3n) is 4.01. The summed E-state index contributed by atoms with van der Waals surface area (Å²) < 4.78 is 5.58. The van der Waals surface area contributed by atoms with Gasteiger partial charge in [0.05, 0.1) is 6.61 Å². The number of hydrogen-bond acceptors (Lipinski definition) is 3. The van der Waals surface area contributed by atoms with Crippen molar-refractivity contribution in [3.8, 4) is 11.5 Å². The molecule has 2 N–H and O–H groups in total. The highest BCUT2D eigenvalue weighted by molar-refractivity contribution is 5.83. The van der Waals surface area contributed by atoms with Gasteiger partial charge < -0.3 is 14.9 Å². The first-order chi connectivity index (χ1) is 10.1. The number of ether oxygens (including phenoxy) is 1. The van der Waals surface area contributed by atoms with E-state index in [0.29, 0.717) is 30.8 Å². The van der Waals surface area contributed by atoms with E-state index < -0.39 is 11.4 Å². The van der Waals surface area contributed by atoms with Crippen molar-refractivity contribution in [2.75, 3.05) is 6.61 Å². The van der Waals surface area contributed by atoms with Crippen LogP contribution in [0.25, 0.3) is 0 Å². The number of carbonyl (C=O) groups is 1. The molecule has 0 bridgehead atoms. The van der Waals surface area contributed by atoms with Crippen molar-refractivity contribution in [3.63, 3.8) is 0 Å². The Bertz CT molecular complexity index is 680. The highest BCUT2D eigenvalue weighted by atomic mass is 16.5. The highest BCUT2D eigenvalue weighted by Gasteiger charge is 2.44. The van der Waals surface area contributed by atoms with Crippen LogP contribution in [0.2, 0.25) is 0 Å². The average Bonchev–Trinajstić information content (AvgIpc) is 2.47. The van der Waals surface area contributed by atoms with Gasteiger partial charge in [-0.15, -0.1) is 0 Å². The van der Waals surface area contributed by atoms with Crippen molar-refractivity contribution in [1.82, 2.24) is 0 Å². The summed E-state index contributed by atoms with van der Waals surface area (Å²) in [6, 6.07) is 14.0. The van der Waals surface area contributed by atoms with Crippen LogP contribution >= 0.6 is 0 Å². The standard InChI is InChI=1S/C17H16O4/c18-13-5-3-4-12(10-13)11-17(16(19)20)8-9-21-15-7-2-1-6-14(15)17/h1-7,10,18H,8-9,11H2,(H,19,20). The van der Waals surface area contributed by atoms with Crippen molar-refractivity contribution in [3.05, 3.63) is 59.7 Å². The van der Waals surface area contributed by atoms with Gasteiger partial charge in [0.1, 0.15) is 16.9 Å². The molecular formula is C17H16O4. The fraction of sp³-hybridized carbons (Fsp3) is 0.235. The summed E-state index contributed by atoms with van der Waals surface area (Å²) >= 11 is 0. The van der Waals surface area contributed by atoms with E-state index in [1.54, 1.807) is 24.3 Å². The van der Waals surface area contributed by atoms with Gasteiger partial charge in [-0.3, -0.25) is 4.79 Å². The van der Waals surface area contributed by atoms with Gasteiger partial charge in [-0.05, 0) is 30.2 Å². The largest absolute Gasteiger partial charge is 0.508 e. The van der Waals surface area contributed by atoms with E-state index >= 15 is 0 Å². The van der Waals surface area contributed by atoms with E-state index in [9.17, 15) is 15.0 Å². The first-order valence-corrected chi connectivity index (χ1v) is 6.85. The molecule has 21 heavy (non-hydrogen) atoms. The molecule has 0 fully saturated rings. The topological polar surface area (TPSA) is 66.8 Å². The van der Waals surface area contributed by atoms with Gasteiger partial charge in [0.15, 0.2) is 0 Å². The third-order valence-corrected chi connectivity index (χ3v) is 4.01. The molecule has 4 heteroatoms. The van der Waals surface area contributed by atoms with Crippen LogP contribution in [0.15, 0.2) is 48.5 Å². The Hall–Kier alpha value is -2.49. The van der Waals surface area contributed by atoms with Crippen LogP contribution in [0, 0.1) is 0 Å². The maximum Gasteiger partial charge on any atom is 0.314 e. The number of phenolic OH excluding ortho intramolecular Hbond substituents is 1. The zero-order valence-corrected chi connectivity index (χ0v) is 11.5. The molecular weight excluding hydrogens is 268 g/mol. The number of fused-ring (bicyclic) bond motifs is 1. The van der Waals surface area contributed by atoms with Crippen molar-refractivity contribution < 1.29 is 19.7 Å². The third kappa shape index (κ3) is 2.33. The zero-order chi connectivity index (χ0) is 14.9. The molecule has 3 rings (SSSR count). The minimum atomic E-state index is -1.01. The number of phenols is 1. The Morgan fingerprint density at radius 3 is 2.76 bits per heavy atom. The normalized spacial score (nSPS) is 20.4. The molecule has 1 atom stereocenters. The SMILES string of the molecule is O=C(O)C1(Cc2cccc(O)c2)CCOc2ccccc21. The average molecular weight is 284 g/mol. The lowest BCUT2D eigenvalue weighted by atomic mass is 9.72. The Labute approximate surface area is 122 Å². The van der Waals surface area contributed by atoms with E-state index in [2.05, 4.69) is 0 Å². The first kappa shape index (κ1) is 13.5. The van der Waals surface area contributed by atoms with Gasteiger partial charge in [-0.25, -0.2) is 0 Å². The van der Waals surface area contributed by atoms with Gasteiger partial charge in [0.2, 0.25) is 0 Å². The van der Waals surface area contributed by atoms with E-state index in [0.717, 1.165) is 5.56 Å². The van der Waals surface area contributed by atoms with Crippen LogP contribution in [0.1, 0.15) is 17.5 Å². The molecule has 0 amide bonds. The number of aliphatic carboxylic acids is 1. The number of carboxylic acid groups (broad SMARTS) is 1. The molecule has 0 aliphatic carbocycles. The second-order valence-electron chi connectivity index (χ2n) is 5.33. The van der Waals surface area contributed by atoms with Crippen LogP contribution in [-0.4, -0.2) is 22.8 Å². The van der Waals surface area contributed by atoms with Gasteiger partial charge in [-0.1, -0.05) is 30.3 Å². The van der Waals surface area contributed by atoms with E-state index in [4.69, 9.17) is 4.74 Å². The fourth-order valence-corrected chi connectivity index (χ4v) is 2.95. The maximum absolute atomic E-state index is 12.0. The monoisotopic (exact) mass is 284 g/mol. The van der Waals surface area contributed by atoms with E-state index in [-0.39, 0.29) is 5.75 Å². The van der Waals surface area contributed by atoms with Crippen LogP contribution in [0.5, 0.6) is 11.5 Å². The summed E-state index contributed by atoms with van der Waals surface area (Å²) in [5.41, 5.74) is 0.490. The molecule has 1 unspecified atom stereocenters. The number of rotatable bonds is 3. The Kier molecular flexibility index (Phi) is 3.29. The Balaban J connectivity index is 2.08. The smallest absolute Gasteiger partial charge is 0.314 e. The molecule has 0 saturated heterocycles. The second kappa shape index (κ2) is 5.13. The summed E-state index contributed by atoms with van der Waals surface area (Å²) in [7, 11) is 0. The van der Waals surface area contributed by atoms with E-state index in [1.165, 1.54) is 0 Å². The summed E-state index contributed by atoms with van der Waals surface area (Å²) in [6.07, 6.45) is 0.742. The highest BCUT2D eigenvalue weighted by Crippen LogP contribution is 2.41. The molecule has 108 valence electrons. The maximum atomic E-state index is 12.0. The molecule has 0 radical (unpaired) electrons. The molecule has 1 aliphatic rings. The number of aromatic hydroxyl groups is 1. The second-order valence-corrected chi connectivity index (χ2v) is 5.33. The number of benzene rings is 2. The first-order valence-electron chi connectivity index (χ1n) is 6.85. The number of para-hydroxylation sites is 1. The summed E-state index contributed by atoms with van der Waals surface area (Å²) in [4.78, 5) is 12.0. The minimum Gasteiger partial charge on any atom is -0.508 e. The molecule has 0 spiro atoms. The van der Waals surface area contributed by atoms with Gasteiger partial charge in [0.25, 0.3) is 0 Å². The van der Waals surface area contributed by atoms with Crippen molar-refractivity contribution >= 4 is 5.97 Å². The van der Waals surface area contributed by atoms with Crippen LogP contribution in [0.3, 0.4) is 0 Å². The van der Waals surface area contributed by atoms with Gasteiger partial charge >= 0.3 is 5.97 Å². The van der Waals surface area contributed by atoms with Crippen LogP contribution in [0.4, 0.5) is 0 Å². The fourth-order valence-electron chi connectivity index (χ4n) is 2.95. The summed E-state index contributed by atoms with van der Waals surface area (Å²) in [5, 5.41) is 19.4. The zero-order valence-electron chi connectivity index (χ0n) is 11.5. The molecule has 0 saturated carbocycles. The van der Waals surface area contributed by atoms with E-state index in [1.807, 2.05) is 24.3 Å². The lowest BCUT2D eigenvalue weighted by Gasteiger charge is -2.35. The summed E-state index contributed by atoms with van der Waals surface area (Å²) in [6.45, 7) is 0.377. The lowest BCUT2D eigenvalue weighted by Crippen LogP contribution is -2.42. The molecule has 2 aromatic rings. The molecule has 1 aliphatic heterocycles. The van der Waals surface area contributed by atoms with Crippen LogP contribution < -0.4 is 4.74 Å². The van der Waals surface area contributed by atoms with Crippen molar-refractivity contribution in [2.24, 2.45) is 0 Å². The Morgan fingerprint density at radius 2 is 2.00 bits per heavy atom. The quantitative estimate of drug-likeness (QED) is 0.909. The van der Waals surface area contributed by atoms with Crippen molar-refractivity contribution in [2.45, 2.75) is 18.3 Å².